The predicted molar refractivity (Wildman–Crippen MR) is 85.7 cm³/mol. The third kappa shape index (κ3) is 3.15. The van der Waals surface area contributed by atoms with Gasteiger partial charge in [-0.2, -0.15) is 0 Å². The fourth-order valence-electron chi connectivity index (χ4n) is 2.55. The van der Waals surface area contributed by atoms with Crippen molar-refractivity contribution in [2.45, 2.75) is 6.54 Å². The molecule has 0 unspecified atom stereocenters. The van der Waals surface area contributed by atoms with Gasteiger partial charge in [0.05, 0.1) is 6.54 Å². The van der Waals surface area contributed by atoms with E-state index in [9.17, 15) is 14.0 Å². The Balaban J connectivity index is 1.83. The summed E-state index contributed by atoms with van der Waals surface area (Å²) in [5.74, 6) is -0.607. The number of para-hydroxylation sites is 1. The lowest BCUT2D eigenvalue weighted by molar-refractivity contribution is -0.118. The van der Waals surface area contributed by atoms with E-state index in [-0.39, 0.29) is 12.5 Å². The maximum Gasteiger partial charge on any atom is 0.322 e. The van der Waals surface area contributed by atoms with Crippen LogP contribution in [0.2, 0.25) is 0 Å². The van der Waals surface area contributed by atoms with E-state index in [0.29, 0.717) is 12.2 Å². The molecule has 0 fully saturated rings. The summed E-state index contributed by atoms with van der Waals surface area (Å²) in [4.78, 5) is 27.6. The summed E-state index contributed by atoms with van der Waals surface area (Å²) in [6.45, 7) is 0.278. The van der Waals surface area contributed by atoms with Crippen molar-refractivity contribution < 1.29 is 14.0 Å². The van der Waals surface area contributed by atoms with E-state index in [1.54, 1.807) is 18.0 Å². The average molecular weight is 313 g/mol. The van der Waals surface area contributed by atoms with E-state index in [1.165, 1.54) is 23.1 Å². The molecule has 3 amide bonds. The molecule has 2 aromatic rings. The molecule has 118 valence electrons. The number of carbonyl (C=O) groups excluding carboxylic acids is 2. The summed E-state index contributed by atoms with van der Waals surface area (Å²) in [7, 11) is 1.69. The molecule has 2 aromatic carbocycles. The number of nitrogens with zero attached hydrogens (tertiary/aromatic N) is 2. The number of nitrogens with one attached hydrogen (secondary N) is 1. The van der Waals surface area contributed by atoms with Crippen molar-refractivity contribution >= 4 is 23.3 Å². The second kappa shape index (κ2) is 6.08. The van der Waals surface area contributed by atoms with Crippen LogP contribution in [-0.2, 0) is 11.3 Å². The topological polar surface area (TPSA) is 52.7 Å². The van der Waals surface area contributed by atoms with E-state index < -0.39 is 11.8 Å². The lowest BCUT2D eigenvalue weighted by Crippen LogP contribution is -2.40. The number of halogens is 1. The first-order chi connectivity index (χ1) is 11.0. The number of benzene rings is 2. The minimum atomic E-state index is -0.436. The van der Waals surface area contributed by atoms with E-state index in [4.69, 9.17) is 0 Å². The van der Waals surface area contributed by atoms with Gasteiger partial charge in [-0.15, -0.1) is 0 Å². The Bertz CT molecular complexity index is 763. The minimum Gasteiger partial charge on any atom is -0.314 e. The summed E-state index contributed by atoms with van der Waals surface area (Å²) in [5.41, 5.74) is 2.03. The highest BCUT2D eigenvalue weighted by Gasteiger charge is 2.26. The number of carbonyl (C=O) groups is 2. The maximum atomic E-state index is 13.2. The Hall–Kier alpha value is -2.89. The number of anilines is 2. The Morgan fingerprint density at radius 3 is 2.70 bits per heavy atom. The number of hydrogen-bond donors (Lipinski definition) is 1. The second-order valence-corrected chi connectivity index (χ2v) is 5.38. The molecule has 0 aliphatic carbocycles. The molecule has 1 aliphatic heterocycles. The first-order valence-electron chi connectivity index (χ1n) is 7.20. The Morgan fingerprint density at radius 2 is 1.91 bits per heavy atom. The van der Waals surface area contributed by atoms with Crippen LogP contribution in [0, 0.1) is 5.82 Å². The maximum absolute atomic E-state index is 13.2. The van der Waals surface area contributed by atoms with Crippen molar-refractivity contribution in [3.63, 3.8) is 0 Å². The average Bonchev–Trinajstić information content (AvgIpc) is 2.65. The molecule has 1 aliphatic rings. The van der Waals surface area contributed by atoms with Crippen molar-refractivity contribution in [3.05, 3.63) is 59.9 Å². The normalized spacial score (nSPS) is 14.3. The van der Waals surface area contributed by atoms with Crippen LogP contribution in [0.25, 0.3) is 0 Å². The van der Waals surface area contributed by atoms with Gasteiger partial charge >= 0.3 is 6.03 Å². The standard InChI is InChI=1S/C17H16FN3O2/c1-20-15-8-3-2-5-12(15)10-21(11-16(20)22)17(23)19-14-7-4-6-13(18)9-14/h2-9H,10-11H2,1H3,(H,19,23). The van der Waals surface area contributed by atoms with Crippen LogP contribution in [0.4, 0.5) is 20.6 Å². The lowest BCUT2D eigenvalue weighted by atomic mass is 10.1. The van der Waals surface area contributed by atoms with Crippen molar-refractivity contribution in [2.24, 2.45) is 0 Å². The number of likely N-dealkylation sites (N-methyl/N-ethyl adjacent to an activating group) is 1. The van der Waals surface area contributed by atoms with Gasteiger partial charge in [0.2, 0.25) is 5.91 Å². The van der Waals surface area contributed by atoms with Gasteiger partial charge in [0, 0.05) is 18.4 Å². The molecule has 0 radical (unpaired) electrons. The monoisotopic (exact) mass is 313 g/mol. The third-order valence-corrected chi connectivity index (χ3v) is 3.78. The summed E-state index contributed by atoms with van der Waals surface area (Å²) in [6, 6.07) is 12.7. The Labute approximate surface area is 133 Å². The molecule has 0 atom stereocenters. The number of hydrogen-bond acceptors (Lipinski definition) is 2. The largest absolute Gasteiger partial charge is 0.322 e. The van der Waals surface area contributed by atoms with E-state index in [0.717, 1.165) is 11.3 Å². The van der Waals surface area contributed by atoms with Crippen LogP contribution in [-0.4, -0.2) is 30.4 Å². The Kier molecular flexibility index (Phi) is 3.97. The van der Waals surface area contributed by atoms with Gasteiger partial charge in [0.25, 0.3) is 0 Å². The molecule has 1 N–H and O–H groups in total. The summed E-state index contributed by atoms with van der Waals surface area (Å²) < 4.78 is 13.2. The van der Waals surface area contributed by atoms with Crippen LogP contribution in [0.3, 0.4) is 0 Å². The zero-order valence-electron chi connectivity index (χ0n) is 12.6. The number of rotatable bonds is 1. The highest BCUT2D eigenvalue weighted by Crippen LogP contribution is 2.24. The Morgan fingerprint density at radius 1 is 1.13 bits per heavy atom. The molecule has 0 spiro atoms. The van der Waals surface area contributed by atoms with Crippen LogP contribution < -0.4 is 10.2 Å². The third-order valence-electron chi connectivity index (χ3n) is 3.78. The number of urea groups is 1. The van der Waals surface area contributed by atoms with Crippen LogP contribution >= 0.6 is 0 Å². The first kappa shape index (κ1) is 15.0. The van der Waals surface area contributed by atoms with Gasteiger partial charge in [-0.3, -0.25) is 4.79 Å². The molecule has 23 heavy (non-hydrogen) atoms. The number of amides is 3. The minimum absolute atomic E-state index is 0.0354. The molecule has 1 heterocycles. The van der Waals surface area contributed by atoms with Gasteiger partial charge in [-0.05, 0) is 29.8 Å². The second-order valence-electron chi connectivity index (χ2n) is 5.38. The van der Waals surface area contributed by atoms with E-state index in [2.05, 4.69) is 5.32 Å². The molecule has 0 aromatic heterocycles. The predicted octanol–water partition coefficient (Wildman–Crippen LogP) is 2.84. The molecular weight excluding hydrogens is 297 g/mol. The van der Waals surface area contributed by atoms with Crippen LogP contribution in [0.15, 0.2) is 48.5 Å². The molecule has 0 saturated carbocycles. The van der Waals surface area contributed by atoms with Crippen molar-refractivity contribution in [1.82, 2.24) is 4.90 Å². The molecule has 0 bridgehead atoms. The van der Waals surface area contributed by atoms with Gasteiger partial charge in [-0.25, -0.2) is 9.18 Å². The van der Waals surface area contributed by atoms with Gasteiger partial charge in [0.1, 0.15) is 12.4 Å². The summed E-state index contributed by atoms with van der Waals surface area (Å²) >= 11 is 0. The molecule has 3 rings (SSSR count). The van der Waals surface area contributed by atoms with Gasteiger partial charge in [-0.1, -0.05) is 24.3 Å². The summed E-state index contributed by atoms with van der Waals surface area (Å²) in [5, 5.41) is 2.62. The van der Waals surface area contributed by atoms with Gasteiger partial charge < -0.3 is 15.1 Å². The van der Waals surface area contributed by atoms with E-state index in [1.807, 2.05) is 24.3 Å². The van der Waals surface area contributed by atoms with Crippen LogP contribution in [0.1, 0.15) is 5.56 Å². The highest BCUT2D eigenvalue weighted by atomic mass is 19.1. The van der Waals surface area contributed by atoms with E-state index >= 15 is 0 Å². The molecule has 6 heteroatoms. The highest BCUT2D eigenvalue weighted by molar-refractivity contribution is 5.99. The zero-order valence-corrected chi connectivity index (χ0v) is 12.6. The molecule has 5 nitrogen and oxygen atoms in total. The molecular formula is C17H16FN3O2. The van der Waals surface area contributed by atoms with Crippen LogP contribution in [0.5, 0.6) is 0 Å². The smallest absolute Gasteiger partial charge is 0.314 e. The lowest BCUT2D eigenvalue weighted by Gasteiger charge is -2.20. The fraction of sp³-hybridized carbons (Fsp3) is 0.176. The quantitative estimate of drug-likeness (QED) is 0.880. The number of fused-ring (bicyclic) bond motifs is 1. The summed E-state index contributed by atoms with van der Waals surface area (Å²) in [6.07, 6.45) is 0. The zero-order chi connectivity index (χ0) is 16.4. The van der Waals surface area contributed by atoms with Crippen molar-refractivity contribution in [3.8, 4) is 0 Å². The fourth-order valence-corrected chi connectivity index (χ4v) is 2.55. The van der Waals surface area contributed by atoms with Crippen molar-refractivity contribution in [1.29, 1.82) is 0 Å². The SMILES string of the molecule is CN1C(=O)CN(C(=O)Nc2cccc(F)c2)Cc2ccccc21. The first-order valence-corrected chi connectivity index (χ1v) is 7.20. The van der Waals surface area contributed by atoms with Gasteiger partial charge in [0.15, 0.2) is 0 Å². The van der Waals surface area contributed by atoms with Crippen molar-refractivity contribution in [2.75, 3.05) is 23.8 Å². The molecule has 0 saturated heterocycles.